The Bertz CT molecular complexity index is 1570. The van der Waals surface area contributed by atoms with E-state index in [1.54, 1.807) is 31.2 Å². The fourth-order valence-corrected chi connectivity index (χ4v) is 4.55. The molecule has 1 heterocycles. The van der Waals surface area contributed by atoms with Gasteiger partial charge in [-0.05, 0) is 48.4 Å². The molecule has 0 aliphatic rings. The Morgan fingerprint density at radius 3 is 2.41 bits per heavy atom. The molecule has 0 aliphatic carbocycles. The molecule has 0 fully saturated rings. The summed E-state index contributed by atoms with van der Waals surface area (Å²) in [5, 5.41) is 11.3. The Balaban J connectivity index is 1.67. The van der Waals surface area contributed by atoms with Gasteiger partial charge in [0.15, 0.2) is 5.54 Å². The lowest BCUT2D eigenvalue weighted by molar-refractivity contribution is -0.487. The summed E-state index contributed by atoms with van der Waals surface area (Å²) in [6, 6.07) is 19.8. The van der Waals surface area contributed by atoms with E-state index in [2.05, 4.69) is 21.2 Å². The number of halogens is 1. The lowest BCUT2D eigenvalue weighted by Gasteiger charge is -2.19. The molecule has 3 aromatic carbocycles. The van der Waals surface area contributed by atoms with Crippen molar-refractivity contribution in [2.75, 3.05) is 17.6 Å². The fraction of sp³-hybridized carbons (Fsp3) is 0.250. The van der Waals surface area contributed by atoms with Crippen molar-refractivity contribution in [2.24, 2.45) is 0 Å². The SMILES string of the molecule is C[C@@H](NC(=O)c1cc(-c2nnc([C@](C)([NH3+])Cc3ccccc3)o2)cc(N(C)S(C)(=O)=O)c1)c1ccc(F)cc1. The van der Waals surface area contributed by atoms with Crippen molar-refractivity contribution in [3.63, 3.8) is 0 Å². The first-order valence-electron chi connectivity index (χ1n) is 12.2. The van der Waals surface area contributed by atoms with Crippen LogP contribution in [0.1, 0.15) is 47.3 Å². The van der Waals surface area contributed by atoms with Crippen molar-refractivity contribution in [1.82, 2.24) is 15.5 Å². The van der Waals surface area contributed by atoms with E-state index in [0.717, 1.165) is 16.1 Å². The minimum Gasteiger partial charge on any atom is -0.415 e. The van der Waals surface area contributed by atoms with E-state index in [4.69, 9.17) is 4.42 Å². The number of aromatic nitrogens is 2. The van der Waals surface area contributed by atoms with Gasteiger partial charge in [0.2, 0.25) is 15.9 Å². The summed E-state index contributed by atoms with van der Waals surface area (Å²) in [5.74, 6) is -0.404. The van der Waals surface area contributed by atoms with Gasteiger partial charge in [0, 0.05) is 31.5 Å². The highest BCUT2D eigenvalue weighted by Gasteiger charge is 2.33. The minimum atomic E-state index is -3.63. The number of hydrogen-bond acceptors (Lipinski definition) is 6. The fourth-order valence-electron chi connectivity index (χ4n) is 4.06. The molecule has 39 heavy (non-hydrogen) atoms. The first-order valence-corrected chi connectivity index (χ1v) is 14.1. The van der Waals surface area contributed by atoms with Crippen molar-refractivity contribution in [2.45, 2.75) is 31.8 Å². The number of hydrogen-bond donors (Lipinski definition) is 2. The molecule has 4 aromatic rings. The number of amides is 1. The predicted octanol–water partition coefficient (Wildman–Crippen LogP) is 3.46. The van der Waals surface area contributed by atoms with Gasteiger partial charge in [-0.2, -0.15) is 0 Å². The molecule has 4 rings (SSSR count). The molecule has 1 amide bonds. The van der Waals surface area contributed by atoms with Crippen LogP contribution in [0.5, 0.6) is 0 Å². The number of nitrogens with zero attached hydrogens (tertiary/aromatic N) is 3. The molecule has 0 saturated carbocycles. The summed E-state index contributed by atoms with van der Waals surface area (Å²) in [7, 11) is -2.24. The van der Waals surface area contributed by atoms with Crippen LogP contribution in [0.15, 0.2) is 77.2 Å². The van der Waals surface area contributed by atoms with E-state index < -0.39 is 27.5 Å². The zero-order chi connectivity index (χ0) is 28.4. The zero-order valence-electron chi connectivity index (χ0n) is 22.2. The topological polar surface area (TPSA) is 133 Å². The smallest absolute Gasteiger partial charge is 0.277 e. The number of carbonyl (C=O) groups excluding carboxylic acids is 1. The van der Waals surface area contributed by atoms with Crippen LogP contribution in [-0.4, -0.2) is 37.8 Å². The maximum absolute atomic E-state index is 13.3. The third-order valence-electron chi connectivity index (χ3n) is 6.38. The molecular weight excluding hydrogens is 521 g/mol. The second-order valence-corrected chi connectivity index (χ2v) is 11.9. The highest BCUT2D eigenvalue weighted by molar-refractivity contribution is 7.92. The summed E-state index contributed by atoms with van der Waals surface area (Å²) in [4.78, 5) is 13.2. The number of sulfonamides is 1. The van der Waals surface area contributed by atoms with Crippen LogP contribution in [0.3, 0.4) is 0 Å². The summed E-state index contributed by atoms with van der Waals surface area (Å²) < 4.78 is 45.0. The Kier molecular flexibility index (Phi) is 7.84. The van der Waals surface area contributed by atoms with Crippen molar-refractivity contribution in [3.8, 4) is 11.5 Å². The second kappa shape index (κ2) is 11.0. The van der Waals surface area contributed by atoms with Gasteiger partial charge in [-0.15, -0.1) is 10.2 Å². The van der Waals surface area contributed by atoms with E-state index in [0.29, 0.717) is 23.4 Å². The largest absolute Gasteiger partial charge is 0.415 e. The molecule has 0 unspecified atom stereocenters. The van der Waals surface area contributed by atoms with Gasteiger partial charge < -0.3 is 15.5 Å². The number of nitrogens with one attached hydrogen (secondary N) is 1. The Labute approximate surface area is 226 Å². The Morgan fingerprint density at radius 2 is 1.77 bits per heavy atom. The molecule has 0 radical (unpaired) electrons. The molecule has 0 spiro atoms. The van der Waals surface area contributed by atoms with E-state index in [-0.39, 0.29) is 23.0 Å². The van der Waals surface area contributed by atoms with Crippen molar-refractivity contribution >= 4 is 21.6 Å². The highest BCUT2D eigenvalue weighted by Crippen LogP contribution is 2.29. The molecule has 0 bridgehead atoms. The summed E-state index contributed by atoms with van der Waals surface area (Å²) in [6.07, 6.45) is 1.62. The summed E-state index contributed by atoms with van der Waals surface area (Å²) in [6.45, 7) is 3.66. The highest BCUT2D eigenvalue weighted by atomic mass is 32.2. The van der Waals surface area contributed by atoms with Crippen molar-refractivity contribution in [3.05, 3.63) is 101 Å². The van der Waals surface area contributed by atoms with Gasteiger partial charge in [-0.25, -0.2) is 12.8 Å². The molecule has 9 nitrogen and oxygen atoms in total. The van der Waals surface area contributed by atoms with Crippen LogP contribution in [0, 0.1) is 5.82 Å². The maximum Gasteiger partial charge on any atom is 0.277 e. The standard InChI is InChI=1S/C28H30FN5O4S/c1-18(20-10-12-23(29)13-11-20)31-25(35)21-14-22(16-24(15-21)34(3)39(4,36)37)26-32-33-27(38-26)28(2,30)17-19-8-6-5-7-9-19/h5-16,18H,17,30H2,1-4H3,(H,31,35)/p+1/t18-,28-/m1/s1. The van der Waals surface area contributed by atoms with Crippen LogP contribution in [0.25, 0.3) is 11.5 Å². The van der Waals surface area contributed by atoms with Gasteiger partial charge in [-0.3, -0.25) is 9.10 Å². The third-order valence-corrected chi connectivity index (χ3v) is 7.59. The van der Waals surface area contributed by atoms with E-state index >= 15 is 0 Å². The van der Waals surface area contributed by atoms with Gasteiger partial charge >= 0.3 is 0 Å². The lowest BCUT2D eigenvalue weighted by Crippen LogP contribution is -2.69. The Hall–Kier alpha value is -4.09. The predicted molar refractivity (Wildman–Crippen MR) is 146 cm³/mol. The van der Waals surface area contributed by atoms with E-state index in [9.17, 15) is 17.6 Å². The minimum absolute atomic E-state index is 0.123. The number of quaternary nitrogens is 1. The zero-order valence-corrected chi connectivity index (χ0v) is 23.0. The van der Waals surface area contributed by atoms with Crippen molar-refractivity contribution in [1.29, 1.82) is 0 Å². The van der Waals surface area contributed by atoms with Gasteiger partial charge in [0.1, 0.15) is 5.82 Å². The van der Waals surface area contributed by atoms with Crippen molar-refractivity contribution < 1.29 is 27.8 Å². The number of carbonyl (C=O) groups is 1. The lowest BCUT2D eigenvalue weighted by atomic mass is 9.94. The van der Waals surface area contributed by atoms with Crippen LogP contribution in [0.4, 0.5) is 10.1 Å². The van der Waals surface area contributed by atoms with Gasteiger partial charge in [0.05, 0.1) is 18.0 Å². The molecule has 0 aliphatic heterocycles. The van der Waals surface area contributed by atoms with Crippen LogP contribution >= 0.6 is 0 Å². The Morgan fingerprint density at radius 1 is 1.10 bits per heavy atom. The average Bonchev–Trinajstić information content (AvgIpc) is 3.40. The van der Waals surface area contributed by atoms with E-state index in [1.165, 1.54) is 25.2 Å². The first-order chi connectivity index (χ1) is 18.3. The average molecular weight is 553 g/mol. The first kappa shape index (κ1) is 27.9. The molecule has 0 saturated heterocycles. The third kappa shape index (κ3) is 6.68. The number of benzene rings is 3. The molecule has 11 heteroatoms. The quantitative estimate of drug-likeness (QED) is 0.327. The molecule has 204 valence electrons. The van der Waals surface area contributed by atoms with Crippen LogP contribution < -0.4 is 15.4 Å². The monoisotopic (exact) mass is 552 g/mol. The molecular formula is C28H31FN5O4S+. The molecule has 4 N–H and O–H groups in total. The van der Waals surface area contributed by atoms with E-state index in [1.807, 2.05) is 37.3 Å². The second-order valence-electron chi connectivity index (χ2n) is 9.88. The summed E-state index contributed by atoms with van der Waals surface area (Å²) >= 11 is 0. The van der Waals surface area contributed by atoms with Gasteiger partial charge in [0.25, 0.3) is 11.8 Å². The number of anilines is 1. The molecule has 2 atom stereocenters. The van der Waals surface area contributed by atoms with Gasteiger partial charge in [-0.1, -0.05) is 42.5 Å². The van der Waals surface area contributed by atoms with Crippen LogP contribution in [-0.2, 0) is 22.0 Å². The summed E-state index contributed by atoms with van der Waals surface area (Å²) in [5.41, 5.74) is 6.11. The maximum atomic E-state index is 13.3. The number of rotatable bonds is 9. The molecule has 1 aromatic heterocycles. The normalized spacial score (nSPS) is 13.9. The van der Waals surface area contributed by atoms with Crippen LogP contribution in [0.2, 0.25) is 0 Å².